The van der Waals surface area contributed by atoms with Crippen LogP contribution in [0.5, 0.6) is 0 Å². The Bertz CT molecular complexity index is 1650. The molecule has 4 aromatic carbocycles. The summed E-state index contributed by atoms with van der Waals surface area (Å²) >= 11 is 0. The van der Waals surface area contributed by atoms with Gasteiger partial charge in [-0.2, -0.15) is 0 Å². The van der Waals surface area contributed by atoms with E-state index in [1.807, 2.05) is 45.7 Å². The second-order valence-electron chi connectivity index (χ2n) is 15.5. The molecule has 5 heteroatoms. The van der Waals surface area contributed by atoms with Crippen LogP contribution in [0.15, 0.2) is 97.1 Å². The number of aryl methyl sites for hydroxylation is 1. The van der Waals surface area contributed by atoms with E-state index < -0.39 is 19.8 Å². The van der Waals surface area contributed by atoms with Crippen LogP contribution in [0.2, 0.25) is 0 Å². The zero-order valence-electron chi connectivity index (χ0n) is 28.1. The monoisotopic (exact) mass is 608 g/mol. The van der Waals surface area contributed by atoms with Crippen molar-refractivity contribution in [2.24, 2.45) is 0 Å². The summed E-state index contributed by atoms with van der Waals surface area (Å²) in [4.78, 5) is 12.7. The lowest BCUT2D eigenvalue weighted by atomic mass is 9.80. The summed E-state index contributed by atoms with van der Waals surface area (Å²) in [6, 6.07) is 32.5. The minimum atomic E-state index is -4.22. The molecule has 4 nitrogen and oxygen atoms in total. The fourth-order valence-corrected chi connectivity index (χ4v) is 8.41. The van der Waals surface area contributed by atoms with Gasteiger partial charge < -0.3 is 4.89 Å². The van der Waals surface area contributed by atoms with Gasteiger partial charge in [0.2, 0.25) is 0 Å². The van der Waals surface area contributed by atoms with Gasteiger partial charge in [-0.15, -0.1) is 0 Å². The quantitative estimate of drug-likeness (QED) is 0.234. The van der Waals surface area contributed by atoms with E-state index in [0.29, 0.717) is 0 Å². The van der Waals surface area contributed by atoms with Gasteiger partial charge in [0.1, 0.15) is 0 Å². The molecule has 0 aromatic heterocycles. The second-order valence-corrected chi connectivity index (χ2v) is 17.4. The molecule has 5 rings (SSSR count). The summed E-state index contributed by atoms with van der Waals surface area (Å²) in [5.41, 5.74) is 7.62. The fourth-order valence-electron chi connectivity index (χ4n) is 6.20. The van der Waals surface area contributed by atoms with Crippen molar-refractivity contribution >= 4 is 19.0 Å². The first-order chi connectivity index (χ1) is 20.4. The van der Waals surface area contributed by atoms with Crippen LogP contribution in [-0.2, 0) is 20.8 Å². The molecule has 1 aliphatic heterocycles. The third-order valence-electron chi connectivity index (χ3n) is 8.78. The number of benzene rings is 4. The van der Waals surface area contributed by atoms with E-state index in [1.54, 1.807) is 0 Å². The average molecular weight is 609 g/mol. The van der Waals surface area contributed by atoms with Crippen molar-refractivity contribution in [3.05, 3.63) is 130 Å². The van der Waals surface area contributed by atoms with Crippen molar-refractivity contribution in [2.75, 3.05) is 9.34 Å². The highest BCUT2D eigenvalue weighted by molar-refractivity contribution is 7.62. The van der Waals surface area contributed by atoms with Crippen LogP contribution in [0.25, 0.3) is 0 Å². The van der Waals surface area contributed by atoms with E-state index >= 15 is 4.57 Å². The summed E-state index contributed by atoms with van der Waals surface area (Å²) in [5, 5.41) is 0. The molecule has 1 aliphatic rings. The van der Waals surface area contributed by atoms with Gasteiger partial charge in [0.25, 0.3) is 0 Å². The van der Waals surface area contributed by atoms with Crippen molar-refractivity contribution < 1.29 is 9.46 Å². The van der Waals surface area contributed by atoms with Crippen LogP contribution in [0.1, 0.15) is 108 Å². The molecule has 232 valence electrons. The molecule has 0 bridgehead atoms. The zero-order valence-corrected chi connectivity index (χ0v) is 29.0. The smallest absolute Gasteiger partial charge is 0.313 e. The third kappa shape index (κ3) is 6.12. The molecule has 3 atom stereocenters. The first kappa shape index (κ1) is 32.1. The first-order valence-corrected chi connectivity index (χ1v) is 17.3. The van der Waals surface area contributed by atoms with Gasteiger partial charge in [-0.1, -0.05) is 135 Å². The van der Waals surface area contributed by atoms with Gasteiger partial charge in [-0.3, -0.25) is 9.34 Å². The highest BCUT2D eigenvalue weighted by Gasteiger charge is 2.56. The highest BCUT2D eigenvalue weighted by atomic mass is 31.2. The lowest BCUT2D eigenvalue weighted by Gasteiger charge is -2.33. The topological polar surface area (TPSA) is 43.8 Å². The molecule has 1 fully saturated rings. The highest BCUT2D eigenvalue weighted by Crippen LogP contribution is 2.70. The summed E-state index contributed by atoms with van der Waals surface area (Å²) in [6.07, 6.45) is 0. The normalized spacial score (nSPS) is 21.2. The van der Waals surface area contributed by atoms with Crippen LogP contribution in [0.3, 0.4) is 0 Å². The first-order valence-electron chi connectivity index (χ1n) is 15.7. The summed E-state index contributed by atoms with van der Waals surface area (Å²) in [7, 11) is -4.22. The van der Waals surface area contributed by atoms with E-state index in [4.69, 9.17) is 0 Å². The number of hydrogen-bond donors (Lipinski definition) is 1. The van der Waals surface area contributed by atoms with Gasteiger partial charge in [-0.05, 0) is 80.8 Å². The lowest BCUT2D eigenvalue weighted by molar-refractivity contribution is 0.476. The Morgan fingerprint density at radius 2 is 0.886 bits per heavy atom. The van der Waals surface area contributed by atoms with Crippen molar-refractivity contribution in [3.63, 3.8) is 0 Å². The molecule has 1 N–H and O–H groups in total. The van der Waals surface area contributed by atoms with E-state index in [0.717, 1.165) is 44.8 Å². The van der Waals surface area contributed by atoms with Crippen LogP contribution < -0.4 is 9.34 Å². The largest absolute Gasteiger partial charge is 0.395 e. The standard InChI is InChI=1S/C39H49N2O2P/c1-27-21-30(37(2,3)4)24-33(22-27)40-35(28-17-13-11-14-18-28)36(29-19-15-12-16-20-29)41(44(40,42)43)34-25-31(38(5,6)7)23-32(26-34)39(8,9)10/h11-26,35-36H,1-10H3,(H,42,43)/t35-,36-/m1/s1. The molecule has 1 unspecified atom stereocenters. The molecule has 0 aliphatic carbocycles. The summed E-state index contributed by atoms with van der Waals surface area (Å²) in [6.45, 7) is 21.9. The maximum atomic E-state index is 15.4. The van der Waals surface area contributed by atoms with E-state index in [2.05, 4.69) is 130 Å². The van der Waals surface area contributed by atoms with Crippen LogP contribution >= 0.6 is 7.67 Å². The van der Waals surface area contributed by atoms with Crippen LogP contribution in [0, 0.1) is 6.92 Å². The second kappa shape index (κ2) is 11.2. The molecule has 44 heavy (non-hydrogen) atoms. The van der Waals surface area contributed by atoms with Crippen LogP contribution in [0.4, 0.5) is 11.4 Å². The lowest BCUT2D eigenvalue weighted by Crippen LogP contribution is -2.25. The molecule has 4 aromatic rings. The minimum absolute atomic E-state index is 0.122. The molecule has 0 amide bonds. The molecule has 0 radical (unpaired) electrons. The minimum Gasteiger partial charge on any atom is -0.313 e. The molecule has 1 heterocycles. The molecular formula is C39H49N2O2P. The molecule has 0 saturated carbocycles. The predicted molar refractivity (Wildman–Crippen MR) is 187 cm³/mol. The summed E-state index contributed by atoms with van der Waals surface area (Å²) in [5.74, 6) is 0. The summed E-state index contributed by atoms with van der Waals surface area (Å²) < 4.78 is 19.1. The number of anilines is 2. The van der Waals surface area contributed by atoms with Crippen molar-refractivity contribution in [2.45, 2.75) is 97.6 Å². The van der Waals surface area contributed by atoms with Crippen molar-refractivity contribution in [1.82, 2.24) is 0 Å². The van der Waals surface area contributed by atoms with Crippen LogP contribution in [-0.4, -0.2) is 4.89 Å². The predicted octanol–water partition coefficient (Wildman–Crippen LogP) is 10.8. The Balaban J connectivity index is 1.87. The van der Waals surface area contributed by atoms with Gasteiger partial charge in [0, 0.05) is 11.4 Å². The Morgan fingerprint density at radius 3 is 1.25 bits per heavy atom. The van der Waals surface area contributed by atoms with Gasteiger partial charge in [0.05, 0.1) is 12.1 Å². The Morgan fingerprint density at radius 1 is 0.545 bits per heavy atom. The van der Waals surface area contributed by atoms with E-state index in [9.17, 15) is 4.89 Å². The third-order valence-corrected chi connectivity index (χ3v) is 10.9. The Labute approximate surface area is 265 Å². The maximum Gasteiger partial charge on any atom is 0.395 e. The Hall–Kier alpha value is -3.33. The molecule has 1 saturated heterocycles. The number of nitrogens with zero attached hydrogens (tertiary/aromatic N) is 2. The van der Waals surface area contributed by atoms with Crippen molar-refractivity contribution in [3.8, 4) is 0 Å². The number of rotatable bonds is 4. The number of hydrogen-bond acceptors (Lipinski definition) is 1. The van der Waals surface area contributed by atoms with Gasteiger partial charge in [0.15, 0.2) is 0 Å². The van der Waals surface area contributed by atoms with Gasteiger partial charge >= 0.3 is 7.67 Å². The SMILES string of the molecule is Cc1cc(N2[C@H](c3ccccc3)[C@@H](c3ccccc3)N(c3cc(C(C)(C)C)cc(C(C)(C)C)c3)P2(=O)O)cc(C(C)(C)C)c1. The average Bonchev–Trinajstić information content (AvgIpc) is 3.19. The van der Waals surface area contributed by atoms with E-state index in [-0.39, 0.29) is 16.2 Å². The van der Waals surface area contributed by atoms with E-state index in [1.165, 1.54) is 0 Å². The zero-order chi connectivity index (χ0) is 32.2. The van der Waals surface area contributed by atoms with Gasteiger partial charge in [-0.25, -0.2) is 4.57 Å². The molecular weight excluding hydrogens is 559 g/mol. The van der Waals surface area contributed by atoms with Crippen molar-refractivity contribution in [1.29, 1.82) is 0 Å². The Kier molecular flexibility index (Phi) is 8.19. The fraction of sp³-hybridized carbons (Fsp3) is 0.385. The maximum absolute atomic E-state index is 15.4. The molecule has 0 spiro atoms.